The normalized spacial score (nSPS) is 30.6. The Morgan fingerprint density at radius 1 is 0.900 bits per heavy atom. The quantitative estimate of drug-likeness (QED) is 0.815. The number of piperazine rings is 1. The van der Waals surface area contributed by atoms with E-state index in [2.05, 4.69) is 0 Å². The van der Waals surface area contributed by atoms with Crippen molar-refractivity contribution in [2.45, 2.75) is 32.1 Å². The predicted molar refractivity (Wildman–Crippen MR) is 75.8 cm³/mol. The van der Waals surface area contributed by atoms with Crippen molar-refractivity contribution in [3.8, 4) is 0 Å². The molecule has 2 amide bonds. The minimum Gasteiger partial charge on any atom is -0.339 e. The van der Waals surface area contributed by atoms with Gasteiger partial charge >= 0.3 is 0 Å². The fourth-order valence-electron chi connectivity index (χ4n) is 3.61. The zero-order valence-electron chi connectivity index (χ0n) is 12.1. The Hall–Kier alpha value is -1.10. The van der Waals surface area contributed by atoms with Crippen molar-refractivity contribution in [1.29, 1.82) is 0 Å². The number of nitrogens with zero attached hydrogens (tertiary/aromatic N) is 2. The standard InChI is InChI=1S/C15H25N3O2/c16-10-12-2-1-3-13(12)15(20)18-8-6-17(7-9-18)14(19)11-4-5-11/h11-13H,1-10,16H2. The summed E-state index contributed by atoms with van der Waals surface area (Å²) in [5, 5.41) is 0. The van der Waals surface area contributed by atoms with Crippen LogP contribution in [0.25, 0.3) is 0 Å². The van der Waals surface area contributed by atoms with Gasteiger partial charge in [0, 0.05) is 38.0 Å². The first-order valence-corrected chi connectivity index (χ1v) is 7.98. The summed E-state index contributed by atoms with van der Waals surface area (Å²) in [5.74, 6) is 1.36. The highest BCUT2D eigenvalue weighted by Gasteiger charge is 2.38. The molecule has 20 heavy (non-hydrogen) atoms. The lowest BCUT2D eigenvalue weighted by atomic mass is 9.94. The highest BCUT2D eigenvalue weighted by Crippen LogP contribution is 2.33. The van der Waals surface area contributed by atoms with E-state index in [0.29, 0.717) is 44.5 Å². The highest BCUT2D eigenvalue weighted by atomic mass is 16.2. The first kappa shape index (κ1) is 13.9. The molecule has 0 aromatic rings. The van der Waals surface area contributed by atoms with E-state index in [0.717, 1.165) is 32.1 Å². The second-order valence-corrected chi connectivity index (χ2v) is 6.46. The molecule has 3 rings (SSSR count). The molecule has 1 saturated heterocycles. The maximum absolute atomic E-state index is 12.6. The van der Waals surface area contributed by atoms with Crippen molar-refractivity contribution in [1.82, 2.24) is 9.80 Å². The summed E-state index contributed by atoms with van der Waals surface area (Å²) in [5.41, 5.74) is 5.77. The Morgan fingerprint density at radius 3 is 2.05 bits per heavy atom. The van der Waals surface area contributed by atoms with Crippen molar-refractivity contribution in [3.63, 3.8) is 0 Å². The third-order valence-corrected chi connectivity index (χ3v) is 5.11. The monoisotopic (exact) mass is 279 g/mol. The predicted octanol–water partition coefficient (Wildman–Crippen LogP) is 0.442. The van der Waals surface area contributed by atoms with Crippen LogP contribution in [0, 0.1) is 17.8 Å². The number of carbonyl (C=O) groups excluding carboxylic acids is 2. The molecular formula is C15H25N3O2. The fraction of sp³-hybridized carbons (Fsp3) is 0.867. The Bertz CT molecular complexity index is 387. The van der Waals surface area contributed by atoms with Gasteiger partial charge in [-0.05, 0) is 38.1 Å². The highest BCUT2D eigenvalue weighted by molar-refractivity contribution is 5.82. The van der Waals surface area contributed by atoms with Gasteiger partial charge in [-0.1, -0.05) is 6.42 Å². The zero-order chi connectivity index (χ0) is 14.1. The fourth-order valence-corrected chi connectivity index (χ4v) is 3.61. The van der Waals surface area contributed by atoms with E-state index in [1.54, 1.807) is 0 Å². The maximum atomic E-state index is 12.6. The molecule has 2 atom stereocenters. The second kappa shape index (κ2) is 5.72. The number of hydrogen-bond acceptors (Lipinski definition) is 3. The van der Waals surface area contributed by atoms with Gasteiger partial charge in [0.1, 0.15) is 0 Å². The molecule has 2 unspecified atom stereocenters. The molecule has 0 aromatic heterocycles. The van der Waals surface area contributed by atoms with Crippen molar-refractivity contribution in [2.24, 2.45) is 23.5 Å². The molecule has 0 radical (unpaired) electrons. The average molecular weight is 279 g/mol. The van der Waals surface area contributed by atoms with Crippen LogP contribution in [0.4, 0.5) is 0 Å². The molecule has 0 spiro atoms. The maximum Gasteiger partial charge on any atom is 0.226 e. The molecule has 0 aromatic carbocycles. The van der Waals surface area contributed by atoms with E-state index in [4.69, 9.17) is 5.73 Å². The second-order valence-electron chi connectivity index (χ2n) is 6.46. The molecule has 2 saturated carbocycles. The summed E-state index contributed by atoms with van der Waals surface area (Å²) in [6.07, 6.45) is 5.31. The van der Waals surface area contributed by atoms with Gasteiger partial charge in [0.25, 0.3) is 0 Å². The Balaban J connectivity index is 1.52. The van der Waals surface area contributed by atoms with Crippen LogP contribution in [0.15, 0.2) is 0 Å². The summed E-state index contributed by atoms with van der Waals surface area (Å²) in [6, 6.07) is 0. The molecular weight excluding hydrogens is 254 g/mol. The third kappa shape index (κ3) is 2.68. The lowest BCUT2D eigenvalue weighted by molar-refractivity contribution is -0.143. The van der Waals surface area contributed by atoms with Crippen LogP contribution < -0.4 is 5.73 Å². The summed E-state index contributed by atoms with van der Waals surface area (Å²) in [6.45, 7) is 3.44. The zero-order valence-corrected chi connectivity index (χ0v) is 12.1. The third-order valence-electron chi connectivity index (χ3n) is 5.11. The molecule has 3 fully saturated rings. The van der Waals surface area contributed by atoms with E-state index in [1.165, 1.54) is 0 Å². The molecule has 5 heteroatoms. The summed E-state index contributed by atoms with van der Waals surface area (Å²) in [4.78, 5) is 28.5. The van der Waals surface area contributed by atoms with Gasteiger partial charge < -0.3 is 15.5 Å². The molecule has 2 N–H and O–H groups in total. The van der Waals surface area contributed by atoms with Crippen LogP contribution >= 0.6 is 0 Å². The van der Waals surface area contributed by atoms with Gasteiger partial charge in [0.05, 0.1) is 0 Å². The molecule has 112 valence electrons. The number of rotatable bonds is 3. The smallest absolute Gasteiger partial charge is 0.226 e. The van der Waals surface area contributed by atoms with Crippen LogP contribution in [-0.2, 0) is 9.59 Å². The average Bonchev–Trinajstić information content (AvgIpc) is 3.23. The Morgan fingerprint density at radius 2 is 1.50 bits per heavy atom. The topological polar surface area (TPSA) is 66.6 Å². The van der Waals surface area contributed by atoms with Crippen molar-refractivity contribution < 1.29 is 9.59 Å². The Labute approximate surface area is 120 Å². The van der Waals surface area contributed by atoms with Crippen molar-refractivity contribution >= 4 is 11.8 Å². The largest absolute Gasteiger partial charge is 0.339 e. The van der Waals surface area contributed by atoms with Gasteiger partial charge in [0.15, 0.2) is 0 Å². The van der Waals surface area contributed by atoms with Crippen LogP contribution in [0.1, 0.15) is 32.1 Å². The molecule has 1 heterocycles. The number of amides is 2. The van der Waals surface area contributed by atoms with Crippen LogP contribution in [0.2, 0.25) is 0 Å². The molecule has 1 aliphatic heterocycles. The molecule has 5 nitrogen and oxygen atoms in total. The minimum atomic E-state index is 0.130. The van der Waals surface area contributed by atoms with Crippen molar-refractivity contribution in [2.75, 3.05) is 32.7 Å². The van der Waals surface area contributed by atoms with Gasteiger partial charge in [0.2, 0.25) is 11.8 Å². The van der Waals surface area contributed by atoms with Crippen LogP contribution in [-0.4, -0.2) is 54.3 Å². The number of hydrogen-bond donors (Lipinski definition) is 1. The lowest BCUT2D eigenvalue weighted by Crippen LogP contribution is -2.52. The number of carbonyl (C=O) groups is 2. The van der Waals surface area contributed by atoms with Gasteiger partial charge in [-0.15, -0.1) is 0 Å². The van der Waals surface area contributed by atoms with E-state index < -0.39 is 0 Å². The summed E-state index contributed by atoms with van der Waals surface area (Å²) in [7, 11) is 0. The first-order valence-electron chi connectivity index (χ1n) is 7.98. The molecule has 0 bridgehead atoms. The summed E-state index contributed by atoms with van der Waals surface area (Å²) < 4.78 is 0. The van der Waals surface area contributed by atoms with E-state index >= 15 is 0 Å². The van der Waals surface area contributed by atoms with Crippen molar-refractivity contribution in [3.05, 3.63) is 0 Å². The van der Waals surface area contributed by atoms with Gasteiger partial charge in [-0.3, -0.25) is 9.59 Å². The SMILES string of the molecule is NCC1CCCC1C(=O)N1CCN(C(=O)C2CC2)CC1. The first-order chi connectivity index (χ1) is 9.70. The van der Waals surface area contributed by atoms with E-state index in [-0.39, 0.29) is 17.7 Å². The number of nitrogens with two attached hydrogens (primary N) is 1. The van der Waals surface area contributed by atoms with Gasteiger partial charge in [-0.25, -0.2) is 0 Å². The lowest BCUT2D eigenvalue weighted by Gasteiger charge is -2.36. The Kier molecular flexibility index (Phi) is 3.96. The van der Waals surface area contributed by atoms with Gasteiger partial charge in [-0.2, -0.15) is 0 Å². The molecule has 2 aliphatic carbocycles. The molecule has 3 aliphatic rings. The van der Waals surface area contributed by atoms with Crippen LogP contribution in [0.3, 0.4) is 0 Å². The van der Waals surface area contributed by atoms with E-state index in [1.807, 2.05) is 9.80 Å². The summed E-state index contributed by atoms with van der Waals surface area (Å²) >= 11 is 0. The van der Waals surface area contributed by atoms with E-state index in [9.17, 15) is 9.59 Å². The minimum absolute atomic E-state index is 0.130. The van der Waals surface area contributed by atoms with Crippen LogP contribution in [0.5, 0.6) is 0 Å².